The van der Waals surface area contributed by atoms with Gasteiger partial charge in [-0.2, -0.15) is 0 Å². The van der Waals surface area contributed by atoms with Crippen LogP contribution in [0.5, 0.6) is 5.75 Å². The van der Waals surface area contributed by atoms with Crippen molar-refractivity contribution in [2.45, 2.75) is 25.2 Å². The predicted octanol–water partition coefficient (Wildman–Crippen LogP) is 4.00. The van der Waals surface area contributed by atoms with E-state index in [1.807, 2.05) is 5.38 Å². The zero-order chi connectivity index (χ0) is 14.9. The highest BCUT2D eigenvalue weighted by Crippen LogP contribution is 2.43. The summed E-state index contributed by atoms with van der Waals surface area (Å²) in [7, 11) is 0. The quantitative estimate of drug-likeness (QED) is 0.906. The lowest BCUT2D eigenvalue weighted by Gasteiger charge is -2.16. The third-order valence-electron chi connectivity index (χ3n) is 3.08. The Kier molecular flexibility index (Phi) is 3.71. The molecule has 21 heavy (non-hydrogen) atoms. The standard InChI is InChI=1S/C13H12F3N3OS/c14-13(15,16)20-9-3-4-10(18-7-9)19-11(8-1-2-8)12-17-5-6-21-12/h3-8,11H,1-2H2,(H,18,19). The minimum Gasteiger partial charge on any atom is -0.404 e. The summed E-state index contributed by atoms with van der Waals surface area (Å²) in [6, 6.07) is 2.78. The lowest BCUT2D eigenvalue weighted by atomic mass is 10.2. The molecule has 2 aromatic heterocycles. The van der Waals surface area contributed by atoms with E-state index in [0.29, 0.717) is 11.7 Å². The summed E-state index contributed by atoms with van der Waals surface area (Å²) in [6.45, 7) is 0. The molecule has 2 aromatic rings. The van der Waals surface area contributed by atoms with Gasteiger partial charge in [0.05, 0.1) is 12.2 Å². The fraction of sp³-hybridized carbons (Fsp3) is 0.385. The molecule has 3 rings (SSSR count). The molecule has 1 aliphatic carbocycles. The third-order valence-corrected chi connectivity index (χ3v) is 3.94. The number of nitrogens with one attached hydrogen (secondary N) is 1. The molecule has 112 valence electrons. The van der Waals surface area contributed by atoms with Crippen molar-refractivity contribution in [3.05, 3.63) is 34.9 Å². The molecule has 1 unspecified atom stereocenters. The summed E-state index contributed by atoms with van der Waals surface area (Å²) in [4.78, 5) is 8.26. The van der Waals surface area contributed by atoms with Gasteiger partial charge in [0.15, 0.2) is 0 Å². The van der Waals surface area contributed by atoms with Crippen LogP contribution >= 0.6 is 11.3 Å². The van der Waals surface area contributed by atoms with Crippen LogP contribution in [0.3, 0.4) is 0 Å². The van der Waals surface area contributed by atoms with Gasteiger partial charge in [0, 0.05) is 11.6 Å². The molecule has 0 amide bonds. The maximum Gasteiger partial charge on any atom is 0.573 e. The second-order valence-corrected chi connectivity index (χ2v) is 5.68. The SMILES string of the molecule is FC(F)(F)Oc1ccc(NC(c2nccs2)C2CC2)nc1. The number of pyridine rings is 1. The zero-order valence-electron chi connectivity index (χ0n) is 10.8. The normalized spacial score (nSPS) is 16.5. The predicted molar refractivity (Wildman–Crippen MR) is 72.1 cm³/mol. The number of hydrogen-bond acceptors (Lipinski definition) is 5. The number of ether oxygens (including phenoxy) is 1. The number of nitrogens with zero attached hydrogens (tertiary/aromatic N) is 2. The van der Waals surface area contributed by atoms with E-state index >= 15 is 0 Å². The molecule has 1 atom stereocenters. The molecule has 0 saturated heterocycles. The van der Waals surface area contributed by atoms with Crippen LogP contribution in [0, 0.1) is 5.92 Å². The Hall–Kier alpha value is -1.83. The van der Waals surface area contributed by atoms with E-state index in [4.69, 9.17) is 0 Å². The summed E-state index contributed by atoms with van der Waals surface area (Å²) in [6.07, 6.45) is 0.333. The first-order chi connectivity index (χ1) is 10.0. The molecule has 0 aliphatic heterocycles. The summed E-state index contributed by atoms with van der Waals surface area (Å²) < 4.78 is 40.0. The Balaban J connectivity index is 1.69. The Morgan fingerprint density at radius 1 is 1.29 bits per heavy atom. The van der Waals surface area contributed by atoms with Crippen LogP contribution in [0.2, 0.25) is 0 Å². The Morgan fingerprint density at radius 2 is 2.10 bits per heavy atom. The Labute approximate surface area is 123 Å². The van der Waals surface area contributed by atoms with Gasteiger partial charge in [0.1, 0.15) is 16.6 Å². The summed E-state index contributed by atoms with van der Waals surface area (Å²) in [5.74, 6) is 0.686. The largest absolute Gasteiger partial charge is 0.573 e. The van der Waals surface area contributed by atoms with Crippen molar-refractivity contribution in [2.24, 2.45) is 5.92 Å². The van der Waals surface area contributed by atoms with Crippen LogP contribution in [0.25, 0.3) is 0 Å². The van der Waals surface area contributed by atoms with Gasteiger partial charge in [0.2, 0.25) is 0 Å². The van der Waals surface area contributed by atoms with Crippen LogP contribution in [0.1, 0.15) is 23.9 Å². The minimum absolute atomic E-state index is 0.0619. The van der Waals surface area contributed by atoms with E-state index in [2.05, 4.69) is 20.0 Å². The van der Waals surface area contributed by atoms with E-state index < -0.39 is 6.36 Å². The summed E-state index contributed by atoms with van der Waals surface area (Å²) in [5, 5.41) is 6.10. The molecule has 0 spiro atoms. The highest BCUT2D eigenvalue weighted by atomic mass is 32.1. The highest BCUT2D eigenvalue weighted by molar-refractivity contribution is 7.09. The molecule has 0 bridgehead atoms. The molecule has 0 radical (unpaired) electrons. The third kappa shape index (κ3) is 3.84. The number of thiazole rings is 1. The molecular formula is C13H12F3N3OS. The van der Waals surface area contributed by atoms with Crippen LogP contribution in [-0.2, 0) is 0 Å². The Bertz CT molecular complexity index is 582. The number of halogens is 3. The van der Waals surface area contributed by atoms with Crippen LogP contribution in [0.4, 0.5) is 19.0 Å². The van der Waals surface area contributed by atoms with Gasteiger partial charge >= 0.3 is 6.36 Å². The van der Waals surface area contributed by atoms with Gasteiger partial charge in [-0.05, 0) is 30.9 Å². The number of alkyl halides is 3. The molecule has 4 nitrogen and oxygen atoms in total. The van der Waals surface area contributed by atoms with Crippen LogP contribution in [0.15, 0.2) is 29.9 Å². The number of rotatable bonds is 5. The van der Waals surface area contributed by atoms with E-state index in [0.717, 1.165) is 24.0 Å². The van der Waals surface area contributed by atoms with E-state index in [-0.39, 0.29) is 11.8 Å². The summed E-state index contributed by atoms with van der Waals surface area (Å²) >= 11 is 1.55. The van der Waals surface area contributed by atoms with Gasteiger partial charge in [-0.1, -0.05) is 0 Å². The minimum atomic E-state index is -4.70. The van der Waals surface area contributed by atoms with Gasteiger partial charge < -0.3 is 10.1 Å². The fourth-order valence-electron chi connectivity index (χ4n) is 2.02. The van der Waals surface area contributed by atoms with Gasteiger partial charge in [-0.3, -0.25) is 0 Å². The first-order valence-electron chi connectivity index (χ1n) is 6.39. The van der Waals surface area contributed by atoms with Gasteiger partial charge in [-0.25, -0.2) is 9.97 Å². The van der Waals surface area contributed by atoms with Crippen molar-refractivity contribution in [2.75, 3.05) is 5.32 Å². The van der Waals surface area contributed by atoms with E-state index in [1.165, 1.54) is 12.1 Å². The van der Waals surface area contributed by atoms with Gasteiger partial charge in [0.25, 0.3) is 0 Å². The van der Waals surface area contributed by atoms with E-state index in [9.17, 15) is 13.2 Å². The van der Waals surface area contributed by atoms with Crippen molar-refractivity contribution >= 4 is 17.2 Å². The first kappa shape index (κ1) is 14.1. The number of aromatic nitrogens is 2. The van der Waals surface area contributed by atoms with Crippen LogP contribution < -0.4 is 10.1 Å². The second kappa shape index (κ2) is 5.51. The number of hydrogen-bond donors (Lipinski definition) is 1. The smallest absolute Gasteiger partial charge is 0.404 e. The monoisotopic (exact) mass is 315 g/mol. The number of anilines is 1. The molecule has 8 heteroatoms. The molecule has 1 saturated carbocycles. The van der Waals surface area contributed by atoms with E-state index in [1.54, 1.807) is 17.5 Å². The van der Waals surface area contributed by atoms with Crippen LogP contribution in [-0.4, -0.2) is 16.3 Å². The molecule has 1 aliphatic rings. The maximum atomic E-state index is 12.1. The molecule has 1 N–H and O–H groups in total. The fourth-order valence-corrected chi connectivity index (χ4v) is 2.80. The highest BCUT2D eigenvalue weighted by Gasteiger charge is 2.34. The van der Waals surface area contributed by atoms with Crippen molar-refractivity contribution in [3.63, 3.8) is 0 Å². The zero-order valence-corrected chi connectivity index (χ0v) is 11.6. The van der Waals surface area contributed by atoms with Gasteiger partial charge in [-0.15, -0.1) is 24.5 Å². The van der Waals surface area contributed by atoms with Crippen molar-refractivity contribution in [1.29, 1.82) is 0 Å². The average Bonchev–Trinajstić information content (AvgIpc) is 3.11. The lowest BCUT2D eigenvalue weighted by Crippen LogP contribution is -2.17. The second-order valence-electron chi connectivity index (χ2n) is 4.76. The molecule has 1 fully saturated rings. The average molecular weight is 315 g/mol. The molecule has 2 heterocycles. The van der Waals surface area contributed by atoms with Crippen molar-refractivity contribution in [3.8, 4) is 5.75 Å². The maximum absolute atomic E-state index is 12.1. The molecular weight excluding hydrogens is 303 g/mol. The lowest BCUT2D eigenvalue weighted by molar-refractivity contribution is -0.274. The molecule has 0 aromatic carbocycles. The Morgan fingerprint density at radius 3 is 2.62 bits per heavy atom. The summed E-state index contributed by atoms with van der Waals surface area (Å²) in [5.41, 5.74) is 0. The van der Waals surface area contributed by atoms with Crippen molar-refractivity contribution in [1.82, 2.24) is 9.97 Å². The topological polar surface area (TPSA) is 47.0 Å². The van der Waals surface area contributed by atoms with Crippen molar-refractivity contribution < 1.29 is 17.9 Å². The first-order valence-corrected chi connectivity index (χ1v) is 7.27.